The number of hydrogen-bond donors (Lipinski definition) is 3. The van der Waals surface area contributed by atoms with Crippen LogP contribution in [0.3, 0.4) is 0 Å². The Hall–Kier alpha value is -2.14. The number of hydrogen-bond acceptors (Lipinski definition) is 4. The lowest BCUT2D eigenvalue weighted by Gasteiger charge is -2.22. The summed E-state index contributed by atoms with van der Waals surface area (Å²) in [4.78, 5) is 6.56. The van der Waals surface area contributed by atoms with E-state index in [0.717, 1.165) is 18.5 Å². The van der Waals surface area contributed by atoms with E-state index in [1.807, 2.05) is 48.2 Å². The van der Waals surface area contributed by atoms with E-state index in [2.05, 4.69) is 20.4 Å². The summed E-state index contributed by atoms with van der Waals surface area (Å²) >= 11 is 0. The number of nitrogens with one attached hydrogen (secondary N) is 2. The summed E-state index contributed by atoms with van der Waals surface area (Å²) in [6.45, 7) is 1.47. The number of halogens is 3. The third-order valence-corrected chi connectivity index (χ3v) is 5.07. The fraction of sp³-hybridized carbons (Fsp3) is 0.435. The zero-order valence-corrected chi connectivity index (χ0v) is 20.4. The number of benzene rings is 2. The quantitative estimate of drug-likeness (QED) is 0.248. The second-order valence-electron chi connectivity index (χ2n) is 7.49. The van der Waals surface area contributed by atoms with E-state index < -0.39 is 12.7 Å². The average molecular weight is 560 g/mol. The average Bonchev–Trinajstić information content (AvgIpc) is 3.21. The molecule has 2 atom stereocenters. The molecule has 3 N–H and O–H groups in total. The molecule has 0 saturated carbocycles. The second kappa shape index (κ2) is 13.4. The predicted molar refractivity (Wildman–Crippen MR) is 134 cm³/mol. The van der Waals surface area contributed by atoms with Gasteiger partial charge in [0.25, 0.3) is 0 Å². The molecule has 9 heteroatoms. The standard InChI is InChI=1S/C23H30F2N4O2.HI/c1-2-26-23(27-15-19(30)14-17-8-4-3-5-9-17)28-18-12-13-29(16-18)20-10-6-7-11-21(20)31-22(24)25;/h3-11,18-19,22,30H,2,12-16H2,1H3,(H2,26,27,28);1H. The smallest absolute Gasteiger partial charge is 0.387 e. The number of ether oxygens (including phenoxy) is 1. The van der Waals surface area contributed by atoms with Gasteiger partial charge in [-0.25, -0.2) is 0 Å². The Balaban J connectivity index is 0.00000363. The Morgan fingerprint density at radius 2 is 1.91 bits per heavy atom. The molecular formula is C23H31F2IN4O2. The molecule has 0 aromatic heterocycles. The first-order valence-corrected chi connectivity index (χ1v) is 10.6. The van der Waals surface area contributed by atoms with Crippen molar-refractivity contribution in [3.05, 3.63) is 60.2 Å². The van der Waals surface area contributed by atoms with Crippen molar-refractivity contribution in [2.75, 3.05) is 31.1 Å². The second-order valence-corrected chi connectivity index (χ2v) is 7.49. The highest BCUT2D eigenvalue weighted by Crippen LogP contribution is 2.31. The number of aliphatic hydroxyl groups excluding tert-OH is 1. The summed E-state index contributed by atoms with van der Waals surface area (Å²) in [6.07, 6.45) is 0.804. The Bertz CT molecular complexity index is 842. The van der Waals surface area contributed by atoms with Crippen molar-refractivity contribution in [1.82, 2.24) is 10.6 Å². The maximum absolute atomic E-state index is 12.7. The van der Waals surface area contributed by atoms with Crippen LogP contribution in [0, 0.1) is 0 Å². The Labute approximate surface area is 205 Å². The molecule has 1 heterocycles. The maximum Gasteiger partial charge on any atom is 0.387 e. The van der Waals surface area contributed by atoms with E-state index in [9.17, 15) is 13.9 Å². The van der Waals surface area contributed by atoms with Gasteiger partial charge in [0, 0.05) is 32.1 Å². The summed E-state index contributed by atoms with van der Waals surface area (Å²) in [5.74, 6) is 0.821. The topological polar surface area (TPSA) is 69.1 Å². The predicted octanol–water partition coefficient (Wildman–Crippen LogP) is 3.64. The molecule has 1 fully saturated rings. The largest absolute Gasteiger partial charge is 0.433 e. The molecule has 3 rings (SSSR count). The van der Waals surface area contributed by atoms with Crippen LogP contribution < -0.4 is 20.3 Å². The van der Waals surface area contributed by atoms with E-state index >= 15 is 0 Å². The molecule has 0 aliphatic carbocycles. The SMILES string of the molecule is CCNC(=NCC(O)Cc1ccccc1)NC1CCN(c2ccccc2OC(F)F)C1.I. The minimum atomic E-state index is -2.85. The highest BCUT2D eigenvalue weighted by Gasteiger charge is 2.26. The van der Waals surface area contributed by atoms with Crippen molar-refractivity contribution in [1.29, 1.82) is 0 Å². The number of nitrogens with zero attached hydrogens (tertiary/aromatic N) is 2. The van der Waals surface area contributed by atoms with Gasteiger partial charge in [-0.2, -0.15) is 8.78 Å². The molecule has 1 saturated heterocycles. The van der Waals surface area contributed by atoms with Crippen LogP contribution in [-0.4, -0.2) is 56.0 Å². The zero-order chi connectivity index (χ0) is 22.1. The van der Waals surface area contributed by atoms with Crippen LogP contribution in [0.1, 0.15) is 18.9 Å². The van der Waals surface area contributed by atoms with Gasteiger partial charge in [-0.3, -0.25) is 4.99 Å². The van der Waals surface area contributed by atoms with Crippen molar-refractivity contribution in [3.8, 4) is 5.75 Å². The van der Waals surface area contributed by atoms with Crippen molar-refractivity contribution >= 4 is 35.6 Å². The third kappa shape index (κ3) is 8.09. The van der Waals surface area contributed by atoms with Gasteiger partial charge >= 0.3 is 6.61 Å². The molecule has 6 nitrogen and oxygen atoms in total. The van der Waals surface area contributed by atoms with Gasteiger partial charge in [-0.1, -0.05) is 42.5 Å². The highest BCUT2D eigenvalue weighted by molar-refractivity contribution is 14.0. The summed E-state index contributed by atoms with van der Waals surface area (Å²) in [7, 11) is 0. The lowest BCUT2D eigenvalue weighted by Crippen LogP contribution is -2.45. The molecule has 2 aromatic carbocycles. The Morgan fingerprint density at radius 1 is 1.19 bits per heavy atom. The van der Waals surface area contributed by atoms with Crippen LogP contribution in [0.4, 0.5) is 14.5 Å². The zero-order valence-electron chi connectivity index (χ0n) is 18.1. The van der Waals surface area contributed by atoms with Gasteiger partial charge < -0.3 is 25.4 Å². The van der Waals surface area contributed by atoms with Crippen LogP contribution in [-0.2, 0) is 6.42 Å². The summed E-state index contributed by atoms with van der Waals surface area (Å²) < 4.78 is 30.1. The van der Waals surface area contributed by atoms with Crippen LogP contribution in [0.15, 0.2) is 59.6 Å². The molecule has 2 unspecified atom stereocenters. The lowest BCUT2D eigenvalue weighted by molar-refractivity contribution is -0.0495. The molecule has 0 spiro atoms. The molecule has 1 aliphatic rings. The molecule has 176 valence electrons. The van der Waals surface area contributed by atoms with Crippen molar-refractivity contribution in [2.24, 2.45) is 4.99 Å². The maximum atomic E-state index is 12.7. The third-order valence-electron chi connectivity index (χ3n) is 5.07. The van der Waals surface area contributed by atoms with Gasteiger partial charge in [0.15, 0.2) is 5.96 Å². The first-order chi connectivity index (χ1) is 15.0. The highest BCUT2D eigenvalue weighted by atomic mass is 127. The minimum Gasteiger partial charge on any atom is -0.433 e. The fourth-order valence-corrected chi connectivity index (χ4v) is 3.67. The van der Waals surface area contributed by atoms with E-state index in [0.29, 0.717) is 31.2 Å². The van der Waals surface area contributed by atoms with Gasteiger partial charge in [0.1, 0.15) is 5.75 Å². The number of guanidine groups is 1. The minimum absolute atomic E-state index is 0. The van der Waals surface area contributed by atoms with Crippen LogP contribution in [0.2, 0.25) is 0 Å². The number of rotatable bonds is 9. The number of aliphatic imine (C=N–C) groups is 1. The van der Waals surface area contributed by atoms with Gasteiger partial charge in [0.2, 0.25) is 0 Å². The van der Waals surface area contributed by atoms with E-state index in [1.165, 1.54) is 0 Å². The van der Waals surface area contributed by atoms with Crippen molar-refractivity contribution < 1.29 is 18.6 Å². The Morgan fingerprint density at radius 3 is 2.62 bits per heavy atom. The first kappa shape index (κ1) is 26.1. The van der Waals surface area contributed by atoms with E-state index in [4.69, 9.17) is 0 Å². The van der Waals surface area contributed by atoms with Crippen molar-refractivity contribution in [3.63, 3.8) is 0 Å². The summed E-state index contributed by atoms with van der Waals surface area (Å²) in [6, 6.07) is 16.8. The molecule has 32 heavy (non-hydrogen) atoms. The van der Waals surface area contributed by atoms with Gasteiger partial charge in [-0.05, 0) is 31.0 Å². The summed E-state index contributed by atoms with van der Waals surface area (Å²) in [5.41, 5.74) is 1.73. The molecule has 2 aromatic rings. The molecule has 1 aliphatic heterocycles. The fourth-order valence-electron chi connectivity index (χ4n) is 3.67. The molecule has 0 radical (unpaired) electrons. The van der Waals surface area contributed by atoms with E-state index in [1.54, 1.807) is 18.2 Å². The van der Waals surface area contributed by atoms with Crippen LogP contribution in [0.5, 0.6) is 5.75 Å². The number of alkyl halides is 2. The molecular weight excluding hydrogens is 529 g/mol. The Kier molecular flexibility index (Phi) is 10.9. The monoisotopic (exact) mass is 560 g/mol. The number of anilines is 1. The van der Waals surface area contributed by atoms with Crippen LogP contribution >= 0.6 is 24.0 Å². The molecule has 0 amide bonds. The lowest BCUT2D eigenvalue weighted by atomic mass is 10.1. The molecule has 0 bridgehead atoms. The summed E-state index contributed by atoms with van der Waals surface area (Å²) in [5, 5.41) is 16.9. The number of aliphatic hydroxyl groups is 1. The van der Waals surface area contributed by atoms with Gasteiger partial charge in [-0.15, -0.1) is 24.0 Å². The first-order valence-electron chi connectivity index (χ1n) is 10.6. The van der Waals surface area contributed by atoms with Crippen LogP contribution in [0.25, 0.3) is 0 Å². The normalized spacial score (nSPS) is 17.1. The van der Waals surface area contributed by atoms with Gasteiger partial charge in [0.05, 0.1) is 18.3 Å². The van der Waals surface area contributed by atoms with Crippen molar-refractivity contribution in [2.45, 2.75) is 38.5 Å². The van der Waals surface area contributed by atoms with E-state index in [-0.39, 0.29) is 42.3 Å². The number of para-hydroxylation sites is 2.